The summed E-state index contributed by atoms with van der Waals surface area (Å²) in [5.74, 6) is 1.26. The molecule has 0 saturated carbocycles. The van der Waals surface area contributed by atoms with Crippen LogP contribution in [-0.2, 0) is 9.84 Å². The molecule has 1 atom stereocenters. The number of anilines is 1. The highest BCUT2D eigenvalue weighted by Crippen LogP contribution is 2.30. The van der Waals surface area contributed by atoms with Crippen molar-refractivity contribution < 1.29 is 23.0 Å². The number of aliphatic imine (C=N–C) groups is 1. The second-order valence-corrected chi connectivity index (χ2v) is 9.22. The van der Waals surface area contributed by atoms with E-state index in [0.717, 1.165) is 17.0 Å². The summed E-state index contributed by atoms with van der Waals surface area (Å²) in [6, 6.07) is 8.57. The maximum atomic E-state index is 12.3. The first-order chi connectivity index (χ1) is 13.9. The van der Waals surface area contributed by atoms with Gasteiger partial charge in [-0.2, -0.15) is 0 Å². The molecule has 0 aliphatic rings. The smallest absolute Gasteiger partial charge is 0.195 e. The molecule has 0 bridgehead atoms. The summed E-state index contributed by atoms with van der Waals surface area (Å²) in [4.78, 5) is 4.30. The standard InChI is InChI=1S/C19H27N3O5S2.HI/c1-4-20-19(22-14-8-9-16(26-3)17(11-14)27-5-2)21-12-15(23)13-29(24,25)18-7-6-10-28-18;/h6-11,15,23H,4-5,12-13H2,1-3H3,(H2,20,21,22);1H. The van der Waals surface area contributed by atoms with Crippen molar-refractivity contribution in [3.8, 4) is 11.5 Å². The van der Waals surface area contributed by atoms with E-state index in [0.29, 0.717) is 30.6 Å². The average Bonchev–Trinajstić information content (AvgIpc) is 3.22. The number of nitrogens with zero attached hydrogens (tertiary/aromatic N) is 1. The van der Waals surface area contributed by atoms with Crippen LogP contribution in [0.15, 0.2) is 44.9 Å². The number of thiophene rings is 1. The zero-order valence-electron chi connectivity index (χ0n) is 17.1. The van der Waals surface area contributed by atoms with Gasteiger partial charge in [0.05, 0.1) is 32.1 Å². The number of benzene rings is 1. The van der Waals surface area contributed by atoms with Gasteiger partial charge in [-0.1, -0.05) is 6.07 Å². The SMILES string of the molecule is CCNC(=NCC(O)CS(=O)(=O)c1cccs1)Nc1ccc(OC)c(OCC)c1.I. The Bertz CT molecular complexity index is 905. The number of hydrogen-bond donors (Lipinski definition) is 3. The van der Waals surface area contributed by atoms with E-state index in [2.05, 4.69) is 15.6 Å². The van der Waals surface area contributed by atoms with E-state index in [-0.39, 0.29) is 40.5 Å². The van der Waals surface area contributed by atoms with Gasteiger partial charge in [0.15, 0.2) is 27.3 Å². The molecule has 0 aliphatic carbocycles. The quantitative estimate of drug-likeness (QED) is 0.229. The van der Waals surface area contributed by atoms with Crippen molar-refractivity contribution >= 4 is 56.8 Å². The summed E-state index contributed by atoms with van der Waals surface area (Å²) in [7, 11) is -1.96. The Labute approximate surface area is 198 Å². The zero-order chi connectivity index (χ0) is 21.3. The number of guanidine groups is 1. The molecular weight excluding hydrogens is 541 g/mol. The van der Waals surface area contributed by atoms with Gasteiger partial charge in [-0.3, -0.25) is 4.99 Å². The summed E-state index contributed by atoms with van der Waals surface area (Å²) in [5.41, 5.74) is 0.717. The molecule has 0 fully saturated rings. The summed E-state index contributed by atoms with van der Waals surface area (Å²) in [6.07, 6.45) is -1.12. The molecule has 1 aromatic carbocycles. The molecule has 11 heteroatoms. The first-order valence-electron chi connectivity index (χ1n) is 9.20. The van der Waals surface area contributed by atoms with Crippen LogP contribution in [0.2, 0.25) is 0 Å². The highest BCUT2D eigenvalue weighted by molar-refractivity contribution is 14.0. The fourth-order valence-electron chi connectivity index (χ4n) is 2.49. The van der Waals surface area contributed by atoms with Crippen molar-refractivity contribution in [3.63, 3.8) is 0 Å². The lowest BCUT2D eigenvalue weighted by Gasteiger charge is -2.15. The van der Waals surface area contributed by atoms with Crippen LogP contribution >= 0.6 is 35.3 Å². The minimum absolute atomic E-state index is 0. The predicted octanol–water partition coefficient (Wildman–Crippen LogP) is 2.99. The number of methoxy groups -OCH3 is 1. The molecule has 3 N–H and O–H groups in total. The Kier molecular flexibility index (Phi) is 11.4. The van der Waals surface area contributed by atoms with Crippen LogP contribution in [0.3, 0.4) is 0 Å². The van der Waals surface area contributed by atoms with Gasteiger partial charge in [0.25, 0.3) is 0 Å². The molecule has 1 aromatic heterocycles. The Hall–Kier alpha value is -1.57. The zero-order valence-corrected chi connectivity index (χ0v) is 21.1. The third-order valence-corrected chi connectivity index (χ3v) is 7.03. The predicted molar refractivity (Wildman–Crippen MR) is 132 cm³/mol. The van der Waals surface area contributed by atoms with Gasteiger partial charge in [-0.15, -0.1) is 35.3 Å². The third-order valence-electron chi connectivity index (χ3n) is 3.74. The van der Waals surface area contributed by atoms with Crippen molar-refractivity contribution in [1.29, 1.82) is 0 Å². The van der Waals surface area contributed by atoms with Crippen molar-refractivity contribution in [1.82, 2.24) is 5.32 Å². The highest BCUT2D eigenvalue weighted by Gasteiger charge is 2.20. The molecule has 0 aliphatic heterocycles. The van der Waals surface area contributed by atoms with Gasteiger partial charge in [0, 0.05) is 18.3 Å². The van der Waals surface area contributed by atoms with Crippen LogP contribution in [-0.4, -0.2) is 58.1 Å². The molecule has 168 valence electrons. The van der Waals surface area contributed by atoms with E-state index in [1.54, 1.807) is 30.7 Å². The van der Waals surface area contributed by atoms with E-state index in [1.165, 1.54) is 6.07 Å². The Balaban J connectivity index is 0.00000450. The van der Waals surface area contributed by atoms with Crippen LogP contribution in [0.1, 0.15) is 13.8 Å². The first-order valence-corrected chi connectivity index (χ1v) is 11.7. The van der Waals surface area contributed by atoms with Crippen LogP contribution in [0, 0.1) is 0 Å². The van der Waals surface area contributed by atoms with Crippen molar-refractivity contribution in [3.05, 3.63) is 35.7 Å². The largest absolute Gasteiger partial charge is 0.493 e. The van der Waals surface area contributed by atoms with Crippen LogP contribution in [0.4, 0.5) is 5.69 Å². The molecule has 1 unspecified atom stereocenters. The minimum atomic E-state index is -3.53. The van der Waals surface area contributed by atoms with Gasteiger partial charge in [-0.05, 0) is 37.4 Å². The van der Waals surface area contributed by atoms with E-state index in [9.17, 15) is 13.5 Å². The van der Waals surface area contributed by atoms with Gasteiger partial charge in [0.1, 0.15) is 4.21 Å². The Morgan fingerprint density at radius 3 is 2.63 bits per heavy atom. The van der Waals surface area contributed by atoms with E-state index in [4.69, 9.17) is 9.47 Å². The van der Waals surface area contributed by atoms with Crippen LogP contribution in [0.25, 0.3) is 0 Å². The van der Waals surface area contributed by atoms with E-state index in [1.807, 2.05) is 19.9 Å². The molecule has 0 radical (unpaired) electrons. The van der Waals surface area contributed by atoms with Gasteiger partial charge < -0.3 is 25.2 Å². The highest BCUT2D eigenvalue weighted by atomic mass is 127. The topological polar surface area (TPSA) is 109 Å². The normalized spacial score (nSPS) is 12.6. The molecule has 0 saturated heterocycles. The fraction of sp³-hybridized carbons (Fsp3) is 0.421. The maximum Gasteiger partial charge on any atom is 0.195 e. The summed E-state index contributed by atoms with van der Waals surface area (Å²) in [6.45, 7) is 4.84. The van der Waals surface area contributed by atoms with Gasteiger partial charge >= 0.3 is 0 Å². The second kappa shape index (κ2) is 13.0. The van der Waals surface area contributed by atoms with Crippen molar-refractivity contribution in [2.45, 2.75) is 24.2 Å². The first kappa shape index (κ1) is 26.5. The number of rotatable bonds is 10. The van der Waals surface area contributed by atoms with Gasteiger partial charge in [0.2, 0.25) is 0 Å². The lowest BCUT2D eigenvalue weighted by Crippen LogP contribution is -2.32. The number of aliphatic hydroxyl groups is 1. The summed E-state index contributed by atoms with van der Waals surface area (Å²) in [5, 5.41) is 18.1. The second-order valence-electron chi connectivity index (χ2n) is 6.01. The van der Waals surface area contributed by atoms with Crippen LogP contribution in [0.5, 0.6) is 11.5 Å². The molecule has 0 amide bonds. The molecule has 2 rings (SSSR count). The monoisotopic (exact) mass is 569 g/mol. The molecule has 2 aromatic rings. The molecular formula is C19H28IN3O5S2. The lowest BCUT2D eigenvalue weighted by atomic mass is 10.2. The molecule has 8 nitrogen and oxygen atoms in total. The number of halogens is 1. The molecule has 30 heavy (non-hydrogen) atoms. The number of sulfone groups is 1. The molecule has 0 spiro atoms. The average molecular weight is 569 g/mol. The number of nitrogens with one attached hydrogen (secondary N) is 2. The van der Waals surface area contributed by atoms with E-state index >= 15 is 0 Å². The Morgan fingerprint density at radius 2 is 2.03 bits per heavy atom. The van der Waals surface area contributed by atoms with E-state index < -0.39 is 15.9 Å². The lowest BCUT2D eigenvalue weighted by molar-refractivity contribution is 0.206. The minimum Gasteiger partial charge on any atom is -0.493 e. The fourth-order valence-corrected chi connectivity index (χ4v) is 4.96. The number of hydrogen-bond acceptors (Lipinski definition) is 7. The van der Waals surface area contributed by atoms with Gasteiger partial charge in [-0.25, -0.2) is 8.42 Å². The molecule has 1 heterocycles. The summed E-state index contributed by atoms with van der Waals surface area (Å²) >= 11 is 1.13. The Morgan fingerprint density at radius 1 is 1.27 bits per heavy atom. The maximum absolute atomic E-state index is 12.3. The number of aliphatic hydroxyl groups excluding tert-OH is 1. The third kappa shape index (κ3) is 7.93. The summed E-state index contributed by atoms with van der Waals surface area (Å²) < 4.78 is 35.6. The van der Waals surface area contributed by atoms with Crippen LogP contribution < -0.4 is 20.1 Å². The van der Waals surface area contributed by atoms with Crippen molar-refractivity contribution in [2.75, 3.05) is 37.9 Å². The number of ether oxygens (including phenoxy) is 2. The van der Waals surface area contributed by atoms with Crippen molar-refractivity contribution in [2.24, 2.45) is 4.99 Å².